The van der Waals surface area contributed by atoms with Gasteiger partial charge in [0.2, 0.25) is 0 Å². The lowest BCUT2D eigenvalue weighted by atomic mass is 9.95. The van der Waals surface area contributed by atoms with Crippen molar-refractivity contribution in [1.29, 1.82) is 0 Å². The number of rotatable bonds is 1. The smallest absolute Gasteiger partial charge is 0.166 e. The van der Waals surface area contributed by atoms with E-state index < -0.39 is 23.5 Å². The van der Waals surface area contributed by atoms with Crippen molar-refractivity contribution in [1.82, 2.24) is 0 Å². The lowest BCUT2D eigenvalue weighted by Gasteiger charge is -2.14. The van der Waals surface area contributed by atoms with Gasteiger partial charge in [-0.3, -0.25) is 0 Å². The Morgan fingerprint density at radius 1 is 0.667 bits per heavy atom. The molecule has 0 fully saturated rings. The van der Waals surface area contributed by atoms with Crippen LogP contribution in [-0.4, -0.2) is 0 Å². The number of hydrogen-bond donors (Lipinski definition) is 0. The molecule has 126 valence electrons. The molecule has 0 radical (unpaired) electrons. The number of alkyl halides is 7. The highest BCUT2D eigenvalue weighted by Crippen LogP contribution is 2.38. The molecule has 24 heavy (non-hydrogen) atoms. The van der Waals surface area contributed by atoms with Crippen LogP contribution in [0.15, 0.2) is 42.5 Å². The van der Waals surface area contributed by atoms with Crippen molar-refractivity contribution in [3.8, 4) is 0 Å². The molecule has 0 unspecified atom stereocenters. The summed E-state index contributed by atoms with van der Waals surface area (Å²) in [5, 5.41) is 1.79. The molecule has 7 heteroatoms. The predicted octanol–water partition coefficient (Wildman–Crippen LogP) is 6.93. The van der Waals surface area contributed by atoms with Crippen LogP contribution in [0.25, 0.3) is 21.5 Å². The molecule has 3 aromatic carbocycles. The first-order valence-corrected chi connectivity index (χ1v) is 7.93. The maximum atomic E-state index is 13.0. The molecule has 0 aromatic heterocycles. The Morgan fingerprint density at radius 2 is 1.21 bits per heavy atom. The second-order valence-electron chi connectivity index (χ2n) is 5.36. The van der Waals surface area contributed by atoms with Gasteiger partial charge in [0, 0.05) is 5.33 Å². The number of halogens is 7. The Bertz CT molecular complexity index is 924. The van der Waals surface area contributed by atoms with Crippen LogP contribution in [-0.2, 0) is 17.7 Å². The van der Waals surface area contributed by atoms with E-state index in [2.05, 4.69) is 15.9 Å². The first-order valence-electron chi connectivity index (χ1n) is 6.81. The highest BCUT2D eigenvalue weighted by Gasteiger charge is 2.32. The summed E-state index contributed by atoms with van der Waals surface area (Å²) in [5.74, 6) is 0. The van der Waals surface area contributed by atoms with E-state index >= 15 is 0 Å². The Morgan fingerprint density at radius 3 is 1.75 bits per heavy atom. The summed E-state index contributed by atoms with van der Waals surface area (Å²) in [7, 11) is 0. The summed E-state index contributed by atoms with van der Waals surface area (Å²) in [4.78, 5) is 0. The molecular weight excluding hydrogens is 398 g/mol. The van der Waals surface area contributed by atoms with Crippen LogP contribution in [0.1, 0.15) is 16.7 Å². The van der Waals surface area contributed by atoms with Crippen LogP contribution in [0, 0.1) is 0 Å². The van der Waals surface area contributed by atoms with Crippen molar-refractivity contribution >= 4 is 37.5 Å². The van der Waals surface area contributed by atoms with E-state index in [1.807, 2.05) is 0 Å². The zero-order chi connectivity index (χ0) is 17.7. The molecular formula is C17H9BrF6. The Hall–Kier alpha value is -1.76. The van der Waals surface area contributed by atoms with Crippen LogP contribution in [0.4, 0.5) is 26.3 Å². The van der Waals surface area contributed by atoms with Crippen molar-refractivity contribution < 1.29 is 26.3 Å². The average Bonchev–Trinajstić information content (AvgIpc) is 2.51. The molecule has 0 nitrogen and oxygen atoms in total. The van der Waals surface area contributed by atoms with E-state index in [4.69, 9.17) is 0 Å². The second-order valence-corrected chi connectivity index (χ2v) is 5.92. The Balaban J connectivity index is 2.39. The lowest BCUT2D eigenvalue weighted by molar-refractivity contribution is -0.138. The zero-order valence-corrected chi connectivity index (χ0v) is 13.5. The Labute approximate surface area is 141 Å². The summed E-state index contributed by atoms with van der Waals surface area (Å²) in [6.07, 6.45) is -9.03. The van der Waals surface area contributed by atoms with Gasteiger partial charge in [-0.1, -0.05) is 28.1 Å². The van der Waals surface area contributed by atoms with Gasteiger partial charge in [-0.05, 0) is 57.4 Å². The highest BCUT2D eigenvalue weighted by atomic mass is 79.9. The first kappa shape index (κ1) is 17.1. The third kappa shape index (κ3) is 2.97. The standard InChI is InChI=1S/C17H9BrF6/c18-8-10-5-9-6-11(16(19,20)21)1-3-13(9)15-7-12(17(22,23)24)2-4-14(10)15/h1-7H,8H2. The topological polar surface area (TPSA) is 0 Å². The summed E-state index contributed by atoms with van der Waals surface area (Å²) in [6, 6.07) is 7.94. The van der Waals surface area contributed by atoms with Gasteiger partial charge in [-0.2, -0.15) is 26.3 Å². The molecule has 0 saturated heterocycles. The predicted molar refractivity (Wildman–Crippen MR) is 84.1 cm³/mol. The monoisotopic (exact) mass is 406 g/mol. The van der Waals surface area contributed by atoms with Crippen molar-refractivity contribution in [3.05, 3.63) is 59.2 Å². The molecule has 3 aromatic rings. The number of fused-ring (bicyclic) bond motifs is 3. The van der Waals surface area contributed by atoms with Gasteiger partial charge >= 0.3 is 12.4 Å². The van der Waals surface area contributed by atoms with E-state index in [1.165, 1.54) is 12.1 Å². The van der Waals surface area contributed by atoms with E-state index in [-0.39, 0.29) is 10.8 Å². The van der Waals surface area contributed by atoms with Crippen molar-refractivity contribution in [2.24, 2.45) is 0 Å². The molecule has 0 spiro atoms. The van der Waals surface area contributed by atoms with Gasteiger partial charge < -0.3 is 0 Å². The van der Waals surface area contributed by atoms with Crippen LogP contribution in [0.3, 0.4) is 0 Å². The summed E-state index contributed by atoms with van der Waals surface area (Å²) in [6.45, 7) is 0. The molecule has 0 N–H and O–H groups in total. The summed E-state index contributed by atoms with van der Waals surface area (Å²) in [5.41, 5.74) is -1.03. The molecule has 0 heterocycles. The maximum Gasteiger partial charge on any atom is 0.416 e. The third-order valence-corrected chi connectivity index (χ3v) is 4.44. The summed E-state index contributed by atoms with van der Waals surface area (Å²) >= 11 is 3.24. The molecule has 0 atom stereocenters. The molecule has 0 amide bonds. The molecule has 0 aliphatic rings. The van der Waals surface area contributed by atoms with E-state index in [0.29, 0.717) is 21.7 Å². The minimum Gasteiger partial charge on any atom is -0.166 e. The van der Waals surface area contributed by atoms with Crippen molar-refractivity contribution in [2.45, 2.75) is 17.7 Å². The van der Waals surface area contributed by atoms with Gasteiger partial charge in [0.05, 0.1) is 11.1 Å². The molecule has 0 bridgehead atoms. The van der Waals surface area contributed by atoms with Crippen molar-refractivity contribution in [3.63, 3.8) is 0 Å². The van der Waals surface area contributed by atoms with Gasteiger partial charge in [0.1, 0.15) is 0 Å². The van der Waals surface area contributed by atoms with Gasteiger partial charge in [-0.25, -0.2) is 0 Å². The maximum absolute atomic E-state index is 13.0. The van der Waals surface area contributed by atoms with Gasteiger partial charge in [0.25, 0.3) is 0 Å². The van der Waals surface area contributed by atoms with E-state index in [1.54, 1.807) is 6.07 Å². The van der Waals surface area contributed by atoms with E-state index in [9.17, 15) is 26.3 Å². The average molecular weight is 407 g/mol. The van der Waals surface area contributed by atoms with Gasteiger partial charge in [-0.15, -0.1) is 0 Å². The normalized spacial score (nSPS) is 13.0. The van der Waals surface area contributed by atoms with Crippen LogP contribution in [0.5, 0.6) is 0 Å². The van der Waals surface area contributed by atoms with Gasteiger partial charge in [0.15, 0.2) is 0 Å². The van der Waals surface area contributed by atoms with E-state index in [0.717, 1.165) is 24.3 Å². The molecule has 3 rings (SSSR count). The fourth-order valence-corrected chi connectivity index (χ4v) is 3.17. The lowest BCUT2D eigenvalue weighted by Crippen LogP contribution is -2.05. The largest absolute Gasteiger partial charge is 0.416 e. The number of hydrogen-bond acceptors (Lipinski definition) is 0. The fourth-order valence-electron chi connectivity index (χ4n) is 2.70. The molecule has 0 aliphatic carbocycles. The minimum absolute atomic E-state index is 0.256. The Kier molecular flexibility index (Phi) is 4.02. The number of benzene rings is 3. The molecule has 0 saturated carbocycles. The SMILES string of the molecule is FC(F)(F)c1ccc2c(c1)cc(CBr)c1ccc(C(F)(F)F)cc12. The minimum atomic E-state index is -4.52. The quantitative estimate of drug-likeness (QED) is 0.233. The second kappa shape index (κ2) is 5.65. The first-order chi connectivity index (χ1) is 11.1. The molecule has 0 aliphatic heterocycles. The zero-order valence-electron chi connectivity index (χ0n) is 11.9. The van der Waals surface area contributed by atoms with Crippen LogP contribution < -0.4 is 0 Å². The third-order valence-electron chi connectivity index (χ3n) is 3.84. The highest BCUT2D eigenvalue weighted by molar-refractivity contribution is 9.08. The van der Waals surface area contributed by atoms with Crippen LogP contribution in [0.2, 0.25) is 0 Å². The van der Waals surface area contributed by atoms with Crippen LogP contribution >= 0.6 is 15.9 Å². The fraction of sp³-hybridized carbons (Fsp3) is 0.176. The van der Waals surface area contributed by atoms with Crippen molar-refractivity contribution in [2.75, 3.05) is 0 Å². The summed E-state index contributed by atoms with van der Waals surface area (Å²) < 4.78 is 77.5.